The van der Waals surface area contributed by atoms with Crippen molar-refractivity contribution in [3.63, 3.8) is 0 Å². The predicted molar refractivity (Wildman–Crippen MR) is 91.3 cm³/mol. The summed E-state index contributed by atoms with van der Waals surface area (Å²) >= 11 is 0. The minimum Gasteiger partial charge on any atom is -0.292 e. The molecule has 23 heavy (non-hydrogen) atoms. The Balaban J connectivity index is 1.87. The third-order valence-electron chi connectivity index (χ3n) is 4.29. The highest BCUT2D eigenvalue weighted by Gasteiger charge is 2.21. The van der Waals surface area contributed by atoms with Gasteiger partial charge in [-0.2, -0.15) is 0 Å². The monoisotopic (exact) mass is 308 g/mol. The van der Waals surface area contributed by atoms with Crippen molar-refractivity contribution in [2.24, 2.45) is 0 Å². The average Bonchev–Trinajstić information content (AvgIpc) is 2.61. The molecule has 0 saturated carbocycles. The quantitative estimate of drug-likeness (QED) is 0.474. The second-order valence-electron chi connectivity index (χ2n) is 5.81. The van der Waals surface area contributed by atoms with E-state index in [0.717, 1.165) is 31.5 Å². The predicted octanol–water partition coefficient (Wildman–Crippen LogP) is 4.14. The van der Waals surface area contributed by atoms with Gasteiger partial charge in [0.25, 0.3) is 5.69 Å². The summed E-state index contributed by atoms with van der Waals surface area (Å²) in [6.45, 7) is 1.94. The van der Waals surface area contributed by atoms with Crippen molar-refractivity contribution in [3.8, 4) is 0 Å². The first kappa shape index (κ1) is 15.4. The number of nitrogens with zero attached hydrogens (tertiary/aromatic N) is 2. The van der Waals surface area contributed by atoms with E-state index in [2.05, 4.69) is 41.3 Å². The van der Waals surface area contributed by atoms with E-state index in [1.165, 1.54) is 5.56 Å². The van der Waals surface area contributed by atoms with Gasteiger partial charge in [0.2, 0.25) is 0 Å². The summed E-state index contributed by atoms with van der Waals surface area (Å²) in [5.41, 5.74) is 2.56. The van der Waals surface area contributed by atoms with Crippen molar-refractivity contribution in [3.05, 3.63) is 88.0 Å². The van der Waals surface area contributed by atoms with Crippen LogP contribution in [-0.2, 0) is 6.42 Å². The molecule has 1 aliphatic rings. The Hall–Kier alpha value is -2.46. The molecule has 4 nitrogen and oxygen atoms in total. The second-order valence-corrected chi connectivity index (χ2v) is 5.81. The fourth-order valence-corrected chi connectivity index (χ4v) is 3.06. The third-order valence-corrected chi connectivity index (χ3v) is 4.29. The first-order chi connectivity index (χ1) is 11.2. The van der Waals surface area contributed by atoms with Crippen LogP contribution in [0.1, 0.15) is 23.6 Å². The molecule has 0 fully saturated rings. The average molecular weight is 308 g/mol. The lowest BCUT2D eigenvalue weighted by Crippen LogP contribution is -2.33. The highest BCUT2D eigenvalue weighted by Crippen LogP contribution is 2.28. The van der Waals surface area contributed by atoms with Crippen LogP contribution in [-0.4, -0.2) is 22.9 Å². The fraction of sp³-hybridized carbons (Fsp3) is 0.263. The highest BCUT2D eigenvalue weighted by atomic mass is 16.6. The molecule has 3 rings (SSSR count). The zero-order valence-electron chi connectivity index (χ0n) is 13.0. The lowest BCUT2D eigenvalue weighted by Gasteiger charge is -2.33. The molecule has 1 aliphatic heterocycles. The maximum absolute atomic E-state index is 10.9. The van der Waals surface area contributed by atoms with Crippen LogP contribution >= 0.6 is 0 Å². The highest BCUT2D eigenvalue weighted by molar-refractivity contribution is 5.35. The summed E-state index contributed by atoms with van der Waals surface area (Å²) in [4.78, 5) is 13.0. The normalized spacial score (nSPS) is 16.2. The molecule has 1 unspecified atom stereocenters. The van der Waals surface area contributed by atoms with Crippen molar-refractivity contribution in [2.75, 3.05) is 13.1 Å². The van der Waals surface area contributed by atoms with Gasteiger partial charge in [0.05, 0.1) is 4.92 Å². The van der Waals surface area contributed by atoms with Crippen LogP contribution < -0.4 is 0 Å². The summed E-state index contributed by atoms with van der Waals surface area (Å²) in [5, 5.41) is 10.9. The van der Waals surface area contributed by atoms with Crippen molar-refractivity contribution < 1.29 is 4.92 Å². The minimum absolute atomic E-state index is 0.144. The molecule has 4 heteroatoms. The van der Waals surface area contributed by atoms with E-state index in [9.17, 15) is 10.1 Å². The van der Waals surface area contributed by atoms with Gasteiger partial charge in [-0.3, -0.25) is 15.0 Å². The molecule has 1 atom stereocenters. The van der Waals surface area contributed by atoms with Gasteiger partial charge in [0.15, 0.2) is 0 Å². The number of hydrogen-bond acceptors (Lipinski definition) is 3. The Labute approximate surface area is 136 Å². The summed E-state index contributed by atoms with van der Waals surface area (Å²) in [6, 6.07) is 17.6. The van der Waals surface area contributed by atoms with E-state index in [1.54, 1.807) is 12.1 Å². The molecule has 0 amide bonds. The lowest BCUT2D eigenvalue weighted by molar-refractivity contribution is -0.384. The Morgan fingerprint density at radius 3 is 2.39 bits per heavy atom. The van der Waals surface area contributed by atoms with Gasteiger partial charge in [-0.15, -0.1) is 0 Å². The van der Waals surface area contributed by atoms with Crippen molar-refractivity contribution in [2.45, 2.75) is 18.9 Å². The standard InChI is InChI=1S/C19H20N2O2/c22-21(23)18-11-9-17(10-12-18)19(20-13-5-2-6-14-20)15-16-7-3-1-4-8-16/h1-5,7-12,19H,6,13-15H2. The van der Waals surface area contributed by atoms with Crippen LogP contribution in [0.4, 0.5) is 5.69 Å². The van der Waals surface area contributed by atoms with Crippen LogP contribution in [0, 0.1) is 10.1 Å². The van der Waals surface area contributed by atoms with Crippen LogP contribution in [0.3, 0.4) is 0 Å². The van der Waals surface area contributed by atoms with Crippen molar-refractivity contribution in [1.82, 2.24) is 4.90 Å². The number of benzene rings is 2. The SMILES string of the molecule is O=[N+]([O-])c1ccc(C(Cc2ccccc2)N2CC=CCC2)cc1. The molecular formula is C19H20N2O2. The summed E-state index contributed by atoms with van der Waals surface area (Å²) < 4.78 is 0. The zero-order chi connectivity index (χ0) is 16.1. The lowest BCUT2D eigenvalue weighted by atomic mass is 9.96. The molecule has 2 aromatic carbocycles. The Bertz CT molecular complexity index is 680. The summed E-state index contributed by atoms with van der Waals surface area (Å²) in [6.07, 6.45) is 6.38. The molecule has 2 aromatic rings. The topological polar surface area (TPSA) is 46.4 Å². The zero-order valence-corrected chi connectivity index (χ0v) is 13.0. The maximum Gasteiger partial charge on any atom is 0.269 e. The largest absolute Gasteiger partial charge is 0.292 e. The van der Waals surface area contributed by atoms with Crippen LogP contribution in [0.15, 0.2) is 66.7 Å². The molecule has 0 aromatic heterocycles. The molecular weight excluding hydrogens is 288 g/mol. The van der Waals surface area contributed by atoms with Crippen LogP contribution in [0.5, 0.6) is 0 Å². The van der Waals surface area contributed by atoms with E-state index in [-0.39, 0.29) is 16.7 Å². The summed E-state index contributed by atoms with van der Waals surface area (Å²) in [7, 11) is 0. The van der Waals surface area contributed by atoms with Gasteiger partial charge >= 0.3 is 0 Å². The second kappa shape index (κ2) is 7.20. The molecule has 0 radical (unpaired) electrons. The van der Waals surface area contributed by atoms with Gasteiger partial charge in [0, 0.05) is 31.3 Å². The minimum atomic E-state index is -0.348. The number of hydrogen-bond donors (Lipinski definition) is 0. The van der Waals surface area contributed by atoms with Crippen molar-refractivity contribution >= 4 is 5.69 Å². The number of nitro benzene ring substituents is 1. The molecule has 0 bridgehead atoms. The molecule has 118 valence electrons. The molecule has 0 spiro atoms. The van der Waals surface area contributed by atoms with Crippen molar-refractivity contribution in [1.29, 1.82) is 0 Å². The van der Waals surface area contributed by atoms with Gasteiger partial charge in [-0.25, -0.2) is 0 Å². The van der Waals surface area contributed by atoms with E-state index in [1.807, 2.05) is 18.2 Å². The van der Waals surface area contributed by atoms with Gasteiger partial charge < -0.3 is 0 Å². The first-order valence-corrected chi connectivity index (χ1v) is 7.91. The first-order valence-electron chi connectivity index (χ1n) is 7.91. The van der Waals surface area contributed by atoms with Gasteiger partial charge in [-0.1, -0.05) is 54.6 Å². The number of non-ortho nitro benzene ring substituents is 1. The number of rotatable bonds is 5. The molecule has 0 aliphatic carbocycles. The van der Waals surface area contributed by atoms with Gasteiger partial charge in [-0.05, 0) is 24.0 Å². The van der Waals surface area contributed by atoms with E-state index < -0.39 is 0 Å². The van der Waals surface area contributed by atoms with E-state index in [0.29, 0.717) is 0 Å². The number of nitro groups is 1. The van der Waals surface area contributed by atoms with Gasteiger partial charge in [0.1, 0.15) is 0 Å². The van der Waals surface area contributed by atoms with Crippen LogP contribution in [0.2, 0.25) is 0 Å². The Morgan fingerprint density at radius 1 is 1.04 bits per heavy atom. The molecule has 1 heterocycles. The van der Waals surface area contributed by atoms with E-state index in [4.69, 9.17) is 0 Å². The van der Waals surface area contributed by atoms with E-state index >= 15 is 0 Å². The fourth-order valence-electron chi connectivity index (χ4n) is 3.06. The molecule has 0 N–H and O–H groups in total. The smallest absolute Gasteiger partial charge is 0.269 e. The Kier molecular flexibility index (Phi) is 4.83. The summed E-state index contributed by atoms with van der Waals surface area (Å²) in [5.74, 6) is 0. The van der Waals surface area contributed by atoms with Crippen LogP contribution in [0.25, 0.3) is 0 Å². The third kappa shape index (κ3) is 3.85. The molecule has 0 saturated heterocycles. The maximum atomic E-state index is 10.9. The Morgan fingerprint density at radius 2 is 1.78 bits per heavy atom.